The van der Waals surface area contributed by atoms with Gasteiger partial charge in [-0.25, -0.2) is 0 Å². The highest BCUT2D eigenvalue weighted by Crippen LogP contribution is 2.55. The first-order valence-corrected chi connectivity index (χ1v) is 7.60. The second-order valence-corrected chi connectivity index (χ2v) is 6.91. The highest BCUT2D eigenvalue weighted by molar-refractivity contribution is 9.09. The van der Waals surface area contributed by atoms with Crippen molar-refractivity contribution in [1.82, 2.24) is 5.32 Å². The number of amides is 1. The third-order valence-corrected chi connectivity index (χ3v) is 5.64. The van der Waals surface area contributed by atoms with E-state index in [-0.39, 0.29) is 0 Å². The zero-order valence-electron chi connectivity index (χ0n) is 9.62. The van der Waals surface area contributed by atoms with Gasteiger partial charge in [0, 0.05) is 17.3 Å². The maximum absolute atomic E-state index is 12.0. The predicted molar refractivity (Wildman–Crippen MR) is 67.4 cm³/mol. The Morgan fingerprint density at radius 2 is 1.81 bits per heavy atom. The summed E-state index contributed by atoms with van der Waals surface area (Å²) < 4.78 is 0. The normalized spacial score (nSPS) is 38.7. The molecule has 3 atom stereocenters. The third-order valence-electron chi connectivity index (χ3n) is 4.56. The summed E-state index contributed by atoms with van der Waals surface area (Å²) in [5, 5.41) is 3.14. The summed E-state index contributed by atoms with van der Waals surface area (Å²) in [7, 11) is 0. The third kappa shape index (κ3) is 2.15. The number of carbonyl (C=O) groups is 1. The Morgan fingerprint density at radius 1 is 1.19 bits per heavy atom. The Balaban J connectivity index is 1.43. The number of nitrogens with one attached hydrogen (secondary N) is 1. The van der Waals surface area contributed by atoms with Crippen LogP contribution in [0.3, 0.4) is 0 Å². The van der Waals surface area contributed by atoms with Crippen LogP contribution in [0.5, 0.6) is 0 Å². The number of carbonyl (C=O) groups excluding carboxylic acids is 1. The summed E-state index contributed by atoms with van der Waals surface area (Å²) in [5.74, 6) is 3.01. The average molecular weight is 286 g/mol. The summed E-state index contributed by atoms with van der Waals surface area (Å²) in [5.41, 5.74) is 0. The molecule has 1 amide bonds. The number of rotatable bonds is 4. The Kier molecular flexibility index (Phi) is 2.99. The van der Waals surface area contributed by atoms with Gasteiger partial charge in [-0.2, -0.15) is 0 Å². The molecule has 0 aromatic heterocycles. The van der Waals surface area contributed by atoms with E-state index in [0.29, 0.717) is 16.7 Å². The van der Waals surface area contributed by atoms with Gasteiger partial charge in [-0.05, 0) is 43.4 Å². The van der Waals surface area contributed by atoms with Crippen LogP contribution in [0, 0.1) is 23.7 Å². The molecule has 0 spiro atoms. The number of fused-ring (bicyclic) bond motifs is 1. The van der Waals surface area contributed by atoms with Crippen LogP contribution in [0.1, 0.15) is 38.5 Å². The van der Waals surface area contributed by atoms with E-state index in [2.05, 4.69) is 21.2 Å². The minimum Gasteiger partial charge on any atom is -0.355 e. The van der Waals surface area contributed by atoms with E-state index in [9.17, 15) is 4.79 Å². The van der Waals surface area contributed by atoms with Gasteiger partial charge in [0.15, 0.2) is 0 Å². The first kappa shape index (κ1) is 11.1. The Morgan fingerprint density at radius 3 is 2.38 bits per heavy atom. The molecule has 3 aliphatic rings. The smallest absolute Gasteiger partial charge is 0.223 e. The molecule has 16 heavy (non-hydrogen) atoms. The monoisotopic (exact) mass is 285 g/mol. The molecule has 90 valence electrons. The van der Waals surface area contributed by atoms with Crippen molar-refractivity contribution < 1.29 is 4.79 Å². The molecule has 0 bridgehead atoms. The predicted octanol–water partition coefficient (Wildman–Crippen LogP) is 2.71. The molecule has 1 N–H and O–H groups in total. The first-order valence-electron chi connectivity index (χ1n) is 6.69. The lowest BCUT2D eigenvalue weighted by Gasteiger charge is -2.09. The molecule has 0 radical (unpaired) electrons. The topological polar surface area (TPSA) is 29.1 Å². The zero-order valence-corrected chi connectivity index (χ0v) is 11.2. The molecule has 0 saturated heterocycles. The molecule has 0 aromatic carbocycles. The van der Waals surface area contributed by atoms with E-state index in [1.807, 2.05) is 0 Å². The summed E-state index contributed by atoms with van der Waals surface area (Å²) >= 11 is 3.66. The largest absolute Gasteiger partial charge is 0.355 e. The number of alkyl halides is 1. The quantitative estimate of drug-likeness (QED) is 0.791. The number of hydrogen-bond acceptors (Lipinski definition) is 1. The maximum atomic E-state index is 12.0. The molecule has 3 heteroatoms. The van der Waals surface area contributed by atoms with Gasteiger partial charge in [0.25, 0.3) is 0 Å². The molecule has 3 aliphatic carbocycles. The van der Waals surface area contributed by atoms with Gasteiger partial charge in [-0.3, -0.25) is 4.79 Å². The molecule has 3 saturated carbocycles. The van der Waals surface area contributed by atoms with Crippen molar-refractivity contribution >= 4 is 21.8 Å². The molecular formula is C13H20BrNO. The Hall–Kier alpha value is -0.0500. The second-order valence-electron chi connectivity index (χ2n) is 5.74. The van der Waals surface area contributed by atoms with Gasteiger partial charge >= 0.3 is 0 Å². The fourth-order valence-corrected chi connectivity index (χ4v) is 4.01. The minimum absolute atomic E-state index is 0.335. The van der Waals surface area contributed by atoms with Crippen LogP contribution in [0.25, 0.3) is 0 Å². The maximum Gasteiger partial charge on any atom is 0.223 e. The minimum atomic E-state index is 0.335. The number of hydrogen-bond donors (Lipinski definition) is 1. The van der Waals surface area contributed by atoms with Gasteiger partial charge in [0.1, 0.15) is 0 Å². The Labute approximate surface area is 106 Å². The lowest BCUT2D eigenvalue weighted by atomic mass is 10.0. The molecule has 0 aromatic rings. The van der Waals surface area contributed by atoms with E-state index in [1.54, 1.807) is 0 Å². The zero-order chi connectivity index (χ0) is 11.1. The molecular weight excluding hydrogens is 266 g/mol. The van der Waals surface area contributed by atoms with E-state index in [4.69, 9.17) is 0 Å². The van der Waals surface area contributed by atoms with Crippen molar-refractivity contribution in [2.75, 3.05) is 6.54 Å². The van der Waals surface area contributed by atoms with Crippen molar-refractivity contribution in [2.45, 2.75) is 43.4 Å². The van der Waals surface area contributed by atoms with Crippen LogP contribution in [0.4, 0.5) is 0 Å². The van der Waals surface area contributed by atoms with Gasteiger partial charge in [-0.15, -0.1) is 0 Å². The lowest BCUT2D eigenvalue weighted by Crippen LogP contribution is -2.32. The Bertz CT molecular complexity index is 278. The fraction of sp³-hybridized carbons (Fsp3) is 0.923. The molecule has 2 nitrogen and oxygen atoms in total. The first-order chi connectivity index (χ1) is 7.77. The van der Waals surface area contributed by atoms with Crippen molar-refractivity contribution in [1.29, 1.82) is 0 Å². The standard InChI is InChI=1S/C13H20BrNO/c14-11(8-5-6-8)7-15-13(16)12-9-3-1-2-4-10(9)12/h8-12H,1-7H2,(H,15,16). The SMILES string of the molecule is O=C(NCC(Br)C1CC1)C1C2CCCCC21. The molecule has 3 unspecified atom stereocenters. The van der Waals surface area contributed by atoms with Crippen LogP contribution >= 0.6 is 15.9 Å². The molecule has 0 heterocycles. The van der Waals surface area contributed by atoms with Crippen LogP contribution in [0.2, 0.25) is 0 Å². The summed E-state index contributed by atoms with van der Waals surface area (Å²) in [6, 6.07) is 0. The lowest BCUT2D eigenvalue weighted by molar-refractivity contribution is -0.122. The number of halogens is 1. The average Bonchev–Trinajstić information content (AvgIpc) is 3.16. The fourth-order valence-electron chi connectivity index (χ4n) is 3.32. The highest BCUT2D eigenvalue weighted by atomic mass is 79.9. The van der Waals surface area contributed by atoms with Crippen LogP contribution < -0.4 is 5.32 Å². The van der Waals surface area contributed by atoms with Crippen molar-refractivity contribution in [3.05, 3.63) is 0 Å². The van der Waals surface area contributed by atoms with Crippen molar-refractivity contribution in [3.8, 4) is 0 Å². The van der Waals surface area contributed by atoms with Crippen LogP contribution in [-0.2, 0) is 4.79 Å². The van der Waals surface area contributed by atoms with E-state index >= 15 is 0 Å². The van der Waals surface area contributed by atoms with Gasteiger partial charge in [0.05, 0.1) is 0 Å². The van der Waals surface area contributed by atoms with Gasteiger partial charge in [-0.1, -0.05) is 28.8 Å². The van der Waals surface area contributed by atoms with E-state index in [0.717, 1.165) is 24.3 Å². The van der Waals surface area contributed by atoms with Crippen LogP contribution in [-0.4, -0.2) is 17.3 Å². The molecule has 0 aliphatic heterocycles. The van der Waals surface area contributed by atoms with E-state index < -0.39 is 0 Å². The summed E-state index contributed by atoms with van der Waals surface area (Å²) in [6.07, 6.45) is 7.94. The van der Waals surface area contributed by atoms with Gasteiger partial charge < -0.3 is 5.32 Å². The second kappa shape index (κ2) is 4.32. The van der Waals surface area contributed by atoms with Crippen molar-refractivity contribution in [3.63, 3.8) is 0 Å². The summed E-state index contributed by atoms with van der Waals surface area (Å²) in [4.78, 5) is 12.5. The van der Waals surface area contributed by atoms with Crippen molar-refractivity contribution in [2.24, 2.45) is 23.7 Å². The van der Waals surface area contributed by atoms with Crippen LogP contribution in [0.15, 0.2) is 0 Å². The molecule has 3 rings (SSSR count). The molecule has 3 fully saturated rings. The summed E-state index contributed by atoms with van der Waals surface area (Å²) in [6.45, 7) is 0.833. The highest BCUT2D eigenvalue weighted by Gasteiger charge is 2.54. The van der Waals surface area contributed by atoms with E-state index in [1.165, 1.54) is 38.5 Å². The van der Waals surface area contributed by atoms with Gasteiger partial charge in [0.2, 0.25) is 5.91 Å².